The molecule has 3 rings (SSSR count). The molecule has 2 aliphatic heterocycles. The number of hydrogen-bond acceptors (Lipinski definition) is 6. The van der Waals surface area contributed by atoms with E-state index in [0.29, 0.717) is 12.5 Å². The Morgan fingerprint density at radius 1 is 1.03 bits per heavy atom. The molecular weight excluding hydrogens is 456 g/mol. The Kier molecular flexibility index (Phi) is 10.9. The number of nitrogens with one attached hydrogen (secondary N) is 1. The third-order valence-electron chi connectivity index (χ3n) is 6.97. The van der Waals surface area contributed by atoms with Crippen LogP contribution >= 0.6 is 0 Å². The first-order valence-electron chi connectivity index (χ1n) is 13.5. The van der Waals surface area contributed by atoms with Crippen molar-refractivity contribution in [1.29, 1.82) is 0 Å². The molecule has 2 saturated heterocycles. The van der Waals surface area contributed by atoms with Crippen LogP contribution in [0.5, 0.6) is 0 Å². The predicted molar refractivity (Wildman–Crippen MR) is 142 cm³/mol. The summed E-state index contributed by atoms with van der Waals surface area (Å²) in [6.07, 6.45) is 4.65. The van der Waals surface area contributed by atoms with Gasteiger partial charge in [-0.05, 0) is 84.5 Å². The van der Waals surface area contributed by atoms with Gasteiger partial charge in [0.1, 0.15) is 12.2 Å². The molecule has 202 valence electrons. The number of amides is 2. The summed E-state index contributed by atoms with van der Waals surface area (Å²) >= 11 is 0. The van der Waals surface area contributed by atoms with Gasteiger partial charge in [0.05, 0.1) is 0 Å². The molecule has 2 fully saturated rings. The van der Waals surface area contributed by atoms with Crippen molar-refractivity contribution >= 4 is 12.2 Å². The summed E-state index contributed by atoms with van der Waals surface area (Å²) in [7, 11) is 2.21. The van der Waals surface area contributed by atoms with E-state index in [1.807, 2.05) is 56.0 Å². The molecule has 0 saturated carbocycles. The van der Waals surface area contributed by atoms with Crippen LogP contribution in [-0.4, -0.2) is 91.4 Å². The number of likely N-dealkylation sites (tertiary alicyclic amines) is 2. The molecule has 0 aliphatic carbocycles. The second-order valence-corrected chi connectivity index (χ2v) is 11.3. The number of rotatable bonds is 9. The van der Waals surface area contributed by atoms with E-state index in [1.54, 1.807) is 0 Å². The average molecular weight is 503 g/mol. The van der Waals surface area contributed by atoms with Crippen molar-refractivity contribution < 1.29 is 19.1 Å². The van der Waals surface area contributed by atoms with Crippen molar-refractivity contribution in [2.24, 2.45) is 5.92 Å². The monoisotopic (exact) mass is 502 g/mol. The molecule has 0 spiro atoms. The van der Waals surface area contributed by atoms with E-state index in [2.05, 4.69) is 22.2 Å². The van der Waals surface area contributed by atoms with Gasteiger partial charge in [-0.1, -0.05) is 30.3 Å². The van der Waals surface area contributed by atoms with Gasteiger partial charge in [0.15, 0.2) is 0 Å². The average Bonchev–Trinajstić information content (AvgIpc) is 2.84. The van der Waals surface area contributed by atoms with Crippen LogP contribution in [0.2, 0.25) is 0 Å². The van der Waals surface area contributed by atoms with Gasteiger partial charge in [-0.25, -0.2) is 9.59 Å². The highest BCUT2D eigenvalue weighted by Gasteiger charge is 2.27. The summed E-state index contributed by atoms with van der Waals surface area (Å²) in [6.45, 7) is 12.9. The van der Waals surface area contributed by atoms with Crippen LogP contribution in [0.4, 0.5) is 9.59 Å². The number of carbonyl (C=O) groups is 2. The smallest absolute Gasteiger partial charge is 0.410 e. The van der Waals surface area contributed by atoms with E-state index < -0.39 is 5.60 Å². The lowest BCUT2D eigenvalue weighted by Crippen LogP contribution is -2.45. The topological polar surface area (TPSA) is 74.4 Å². The van der Waals surface area contributed by atoms with Crippen LogP contribution in [0.3, 0.4) is 0 Å². The maximum Gasteiger partial charge on any atom is 0.410 e. The molecule has 8 nitrogen and oxygen atoms in total. The Labute approximate surface area is 217 Å². The Hall–Kier alpha value is -2.32. The SMILES string of the molecule is CN(CCCN1CCC(NC(=O)OCc2ccccc2)CC1)CC1CCN(C(=O)OC(C)(C)C)CC1. The molecule has 1 aromatic rings. The maximum atomic E-state index is 12.3. The maximum absolute atomic E-state index is 12.3. The molecule has 36 heavy (non-hydrogen) atoms. The third kappa shape index (κ3) is 10.3. The van der Waals surface area contributed by atoms with Gasteiger partial charge in [0, 0.05) is 38.8 Å². The van der Waals surface area contributed by atoms with Gasteiger partial charge in [0.2, 0.25) is 0 Å². The van der Waals surface area contributed by atoms with Gasteiger partial charge in [-0.2, -0.15) is 0 Å². The lowest BCUT2D eigenvalue weighted by molar-refractivity contribution is 0.0172. The zero-order chi connectivity index (χ0) is 26.0. The number of carbonyl (C=O) groups excluding carboxylic acids is 2. The zero-order valence-electron chi connectivity index (χ0n) is 22.7. The Morgan fingerprint density at radius 3 is 2.33 bits per heavy atom. The minimum Gasteiger partial charge on any atom is -0.445 e. The lowest BCUT2D eigenvalue weighted by atomic mass is 9.96. The summed E-state index contributed by atoms with van der Waals surface area (Å²) in [6, 6.07) is 9.95. The van der Waals surface area contributed by atoms with Crippen LogP contribution in [-0.2, 0) is 16.1 Å². The zero-order valence-corrected chi connectivity index (χ0v) is 22.7. The van der Waals surface area contributed by atoms with Gasteiger partial charge in [-0.15, -0.1) is 0 Å². The summed E-state index contributed by atoms with van der Waals surface area (Å²) in [5, 5.41) is 3.02. The first-order valence-corrected chi connectivity index (χ1v) is 13.5. The van der Waals surface area contributed by atoms with Crippen molar-refractivity contribution in [3.63, 3.8) is 0 Å². The molecule has 0 aromatic heterocycles. The van der Waals surface area contributed by atoms with Crippen LogP contribution in [0.15, 0.2) is 30.3 Å². The molecule has 8 heteroatoms. The van der Waals surface area contributed by atoms with E-state index in [0.717, 1.165) is 83.5 Å². The first-order chi connectivity index (χ1) is 17.2. The molecule has 0 unspecified atom stereocenters. The van der Waals surface area contributed by atoms with E-state index >= 15 is 0 Å². The number of piperidine rings is 2. The van der Waals surface area contributed by atoms with Crippen molar-refractivity contribution in [2.75, 3.05) is 52.9 Å². The molecule has 2 heterocycles. The standard InChI is InChI=1S/C28H46N4O4/c1-28(2,3)36-27(34)32-19-11-23(12-20-32)21-30(4)15-8-16-31-17-13-25(14-18-31)29-26(33)35-22-24-9-6-5-7-10-24/h5-7,9-10,23,25H,8,11-22H2,1-4H3,(H,29,33). The van der Waals surface area contributed by atoms with Gasteiger partial charge in [-0.3, -0.25) is 0 Å². The number of benzene rings is 1. The number of hydrogen-bond donors (Lipinski definition) is 1. The van der Waals surface area contributed by atoms with E-state index in [-0.39, 0.29) is 18.2 Å². The van der Waals surface area contributed by atoms with Crippen molar-refractivity contribution in [3.05, 3.63) is 35.9 Å². The van der Waals surface area contributed by atoms with Gasteiger partial charge >= 0.3 is 12.2 Å². The highest BCUT2D eigenvalue weighted by molar-refractivity contribution is 5.68. The fourth-order valence-corrected chi connectivity index (χ4v) is 4.95. The second-order valence-electron chi connectivity index (χ2n) is 11.3. The van der Waals surface area contributed by atoms with E-state index in [4.69, 9.17) is 9.47 Å². The summed E-state index contributed by atoms with van der Waals surface area (Å²) < 4.78 is 10.9. The quantitative estimate of drug-likeness (QED) is 0.541. The molecule has 2 amide bonds. The molecule has 0 atom stereocenters. The highest BCUT2D eigenvalue weighted by Crippen LogP contribution is 2.20. The minimum atomic E-state index is -0.436. The summed E-state index contributed by atoms with van der Waals surface area (Å²) in [5.41, 5.74) is 0.563. The highest BCUT2D eigenvalue weighted by atomic mass is 16.6. The molecule has 0 bridgehead atoms. The van der Waals surface area contributed by atoms with Crippen molar-refractivity contribution in [2.45, 2.75) is 71.1 Å². The number of alkyl carbamates (subject to hydrolysis) is 1. The Balaban J connectivity index is 1.22. The third-order valence-corrected chi connectivity index (χ3v) is 6.97. The van der Waals surface area contributed by atoms with Crippen LogP contribution < -0.4 is 5.32 Å². The second kappa shape index (κ2) is 13.8. The molecule has 0 radical (unpaired) electrons. The van der Waals surface area contributed by atoms with Crippen LogP contribution in [0, 0.1) is 5.92 Å². The molecule has 2 aliphatic rings. The fraction of sp³-hybridized carbons (Fsp3) is 0.714. The van der Waals surface area contributed by atoms with Gasteiger partial charge in [0.25, 0.3) is 0 Å². The summed E-state index contributed by atoms with van der Waals surface area (Å²) in [5.74, 6) is 0.636. The first kappa shape index (κ1) is 28.3. The molecule has 1 N–H and O–H groups in total. The molecular formula is C28H46N4O4. The normalized spacial score (nSPS) is 18.3. The lowest BCUT2D eigenvalue weighted by Gasteiger charge is -2.35. The van der Waals surface area contributed by atoms with E-state index in [9.17, 15) is 9.59 Å². The number of nitrogens with zero attached hydrogens (tertiary/aromatic N) is 3. The van der Waals surface area contributed by atoms with Gasteiger partial charge < -0.3 is 29.5 Å². The van der Waals surface area contributed by atoms with Crippen molar-refractivity contribution in [3.8, 4) is 0 Å². The predicted octanol–water partition coefficient (Wildman–Crippen LogP) is 4.35. The molecule has 1 aromatic carbocycles. The van der Waals surface area contributed by atoms with Crippen LogP contribution in [0.25, 0.3) is 0 Å². The largest absolute Gasteiger partial charge is 0.445 e. The number of ether oxygens (including phenoxy) is 2. The Bertz CT molecular complexity index is 798. The van der Waals surface area contributed by atoms with Crippen molar-refractivity contribution in [1.82, 2.24) is 20.0 Å². The van der Waals surface area contributed by atoms with E-state index in [1.165, 1.54) is 0 Å². The fourth-order valence-electron chi connectivity index (χ4n) is 4.95. The minimum absolute atomic E-state index is 0.183. The van der Waals surface area contributed by atoms with Crippen LogP contribution in [0.1, 0.15) is 58.4 Å². The Morgan fingerprint density at radius 2 is 1.69 bits per heavy atom. The summed E-state index contributed by atoms with van der Waals surface area (Å²) in [4.78, 5) is 31.1.